The number of anilines is 2. The van der Waals surface area contributed by atoms with Gasteiger partial charge >= 0.3 is 6.18 Å². The number of benzene rings is 1. The maximum Gasteiger partial charge on any atom is 0.419 e. The van der Waals surface area contributed by atoms with Gasteiger partial charge in [0.1, 0.15) is 16.9 Å². The number of ether oxygens (including phenoxy) is 1. The van der Waals surface area contributed by atoms with E-state index in [4.69, 9.17) is 15.1 Å². The van der Waals surface area contributed by atoms with Crippen LogP contribution in [0.2, 0.25) is 0 Å². The van der Waals surface area contributed by atoms with Crippen molar-refractivity contribution < 1.29 is 27.1 Å². The molecule has 1 aliphatic heterocycles. The van der Waals surface area contributed by atoms with Crippen molar-refractivity contribution in [3.05, 3.63) is 47.9 Å². The van der Waals surface area contributed by atoms with Gasteiger partial charge in [-0.1, -0.05) is 0 Å². The number of pyridine rings is 1. The Morgan fingerprint density at radius 3 is 2.74 bits per heavy atom. The van der Waals surface area contributed by atoms with Crippen molar-refractivity contribution in [2.24, 2.45) is 5.14 Å². The number of carbonyl (C=O) groups excluding carboxylic acids is 1. The summed E-state index contributed by atoms with van der Waals surface area (Å²) in [6, 6.07) is 6.60. The van der Waals surface area contributed by atoms with Crippen molar-refractivity contribution >= 4 is 29.2 Å². The van der Waals surface area contributed by atoms with Crippen LogP contribution >= 0.6 is 11.9 Å². The number of aromatic nitrogens is 1. The minimum Gasteiger partial charge on any atom is -0.367 e. The largest absolute Gasteiger partial charge is 0.419 e. The molecule has 0 aliphatic carbocycles. The summed E-state index contributed by atoms with van der Waals surface area (Å²) in [4.78, 5) is 17.9. The summed E-state index contributed by atoms with van der Waals surface area (Å²) in [5, 5.41) is 17.3. The number of halogens is 4. The lowest BCUT2D eigenvalue weighted by Gasteiger charge is -2.30. The smallest absolute Gasteiger partial charge is 0.367 e. The van der Waals surface area contributed by atoms with Gasteiger partial charge in [-0.25, -0.2) is 9.37 Å². The summed E-state index contributed by atoms with van der Waals surface area (Å²) < 4.78 is 61.0. The van der Waals surface area contributed by atoms with E-state index in [1.165, 1.54) is 30.5 Å². The molecular formula is C19H17F4N5O2S. The van der Waals surface area contributed by atoms with E-state index in [9.17, 15) is 22.4 Å². The van der Waals surface area contributed by atoms with Gasteiger partial charge in [0.15, 0.2) is 5.60 Å². The monoisotopic (exact) mass is 455 g/mol. The fraction of sp³-hybridized carbons (Fsp3) is 0.316. The van der Waals surface area contributed by atoms with E-state index in [2.05, 4.69) is 10.3 Å². The summed E-state index contributed by atoms with van der Waals surface area (Å²) in [5.74, 6) is -1.71. The molecule has 2 atom stereocenters. The Morgan fingerprint density at radius 2 is 2.16 bits per heavy atom. The van der Waals surface area contributed by atoms with Gasteiger partial charge in [0.2, 0.25) is 5.91 Å². The Labute approximate surface area is 179 Å². The SMILES string of the molecule is COC1(C(F)(F)F)CC(C(=O)Nc2ccnc(SN)c2)N(c2ccc(C#N)cc2F)C1. The van der Waals surface area contributed by atoms with Crippen molar-refractivity contribution in [3.63, 3.8) is 0 Å². The fourth-order valence-corrected chi connectivity index (χ4v) is 3.73. The minimum absolute atomic E-state index is 0.00104. The van der Waals surface area contributed by atoms with Crippen molar-refractivity contribution in [2.45, 2.75) is 29.3 Å². The van der Waals surface area contributed by atoms with Gasteiger partial charge < -0.3 is 15.0 Å². The molecule has 1 saturated heterocycles. The minimum atomic E-state index is -4.81. The number of alkyl halides is 3. The summed E-state index contributed by atoms with van der Waals surface area (Å²) in [5.41, 5.74) is -2.64. The van der Waals surface area contributed by atoms with E-state index in [1.54, 1.807) is 6.07 Å². The van der Waals surface area contributed by atoms with E-state index in [0.29, 0.717) is 5.03 Å². The topological polar surface area (TPSA) is 104 Å². The highest BCUT2D eigenvalue weighted by molar-refractivity contribution is 7.97. The fourth-order valence-electron chi connectivity index (χ4n) is 3.42. The maximum atomic E-state index is 14.6. The van der Waals surface area contributed by atoms with Gasteiger partial charge in [-0.3, -0.25) is 9.93 Å². The number of methoxy groups -OCH3 is 1. The van der Waals surface area contributed by atoms with Crippen LogP contribution in [-0.4, -0.2) is 42.4 Å². The van der Waals surface area contributed by atoms with Crippen LogP contribution in [0.5, 0.6) is 0 Å². The average molecular weight is 455 g/mol. The molecule has 12 heteroatoms. The van der Waals surface area contributed by atoms with Crippen LogP contribution in [0.1, 0.15) is 12.0 Å². The Balaban J connectivity index is 1.99. The third-order valence-electron chi connectivity index (χ3n) is 5.04. The molecule has 3 rings (SSSR count). The van der Waals surface area contributed by atoms with Gasteiger partial charge in [-0.15, -0.1) is 0 Å². The second-order valence-electron chi connectivity index (χ2n) is 6.81. The number of amides is 1. The lowest BCUT2D eigenvalue weighted by atomic mass is 9.99. The molecule has 0 saturated carbocycles. The van der Waals surface area contributed by atoms with Gasteiger partial charge in [0.25, 0.3) is 0 Å². The van der Waals surface area contributed by atoms with Crippen LogP contribution in [0.15, 0.2) is 41.6 Å². The Kier molecular flexibility index (Phi) is 6.40. The first-order valence-electron chi connectivity index (χ1n) is 8.86. The van der Waals surface area contributed by atoms with Crippen LogP contribution in [-0.2, 0) is 9.53 Å². The molecular weight excluding hydrogens is 438 g/mol. The molecule has 0 spiro atoms. The maximum absolute atomic E-state index is 14.6. The number of hydrogen-bond donors (Lipinski definition) is 2. The molecule has 0 bridgehead atoms. The standard InChI is InChI=1S/C19H17F4N5O2S/c1-30-18(19(21,22)23)8-15(17(29)27-12-4-5-26-16(7-12)31-25)28(10-18)14-3-2-11(9-24)6-13(14)20/h2-7,15H,8,10,25H2,1H3,(H,26,27,29). The van der Waals surface area contributed by atoms with Gasteiger partial charge in [-0.05, 0) is 42.3 Å². The van der Waals surface area contributed by atoms with Crippen LogP contribution in [0.25, 0.3) is 0 Å². The number of hydrogen-bond acceptors (Lipinski definition) is 7. The number of nitriles is 1. The molecule has 1 amide bonds. The average Bonchev–Trinajstić information content (AvgIpc) is 3.15. The highest BCUT2D eigenvalue weighted by Gasteiger charge is 2.63. The predicted molar refractivity (Wildman–Crippen MR) is 106 cm³/mol. The number of nitrogens with zero attached hydrogens (tertiary/aromatic N) is 3. The Morgan fingerprint density at radius 1 is 1.42 bits per heavy atom. The molecule has 2 aromatic rings. The van der Waals surface area contributed by atoms with E-state index in [0.717, 1.165) is 30.0 Å². The van der Waals surface area contributed by atoms with Gasteiger partial charge in [0, 0.05) is 25.4 Å². The molecule has 1 fully saturated rings. The zero-order valence-electron chi connectivity index (χ0n) is 16.1. The van der Waals surface area contributed by atoms with Crippen LogP contribution in [0.4, 0.5) is 28.9 Å². The third kappa shape index (κ3) is 4.43. The van der Waals surface area contributed by atoms with Gasteiger partial charge in [0.05, 0.1) is 23.9 Å². The molecule has 7 nitrogen and oxygen atoms in total. The highest BCUT2D eigenvalue weighted by Crippen LogP contribution is 2.45. The molecule has 1 aromatic carbocycles. The summed E-state index contributed by atoms with van der Waals surface area (Å²) in [6.45, 7) is -0.797. The summed E-state index contributed by atoms with van der Waals surface area (Å²) in [7, 11) is 0.898. The number of carbonyl (C=O) groups is 1. The molecule has 31 heavy (non-hydrogen) atoms. The Hall–Kier alpha value is -2.88. The molecule has 2 heterocycles. The van der Waals surface area contributed by atoms with E-state index >= 15 is 0 Å². The van der Waals surface area contributed by atoms with Crippen LogP contribution < -0.4 is 15.4 Å². The molecule has 1 aromatic heterocycles. The molecule has 0 radical (unpaired) electrons. The first kappa shape index (κ1) is 22.8. The zero-order chi connectivity index (χ0) is 22.8. The second kappa shape index (κ2) is 8.70. The van der Waals surface area contributed by atoms with E-state index < -0.39 is 42.5 Å². The predicted octanol–water partition coefficient (Wildman–Crippen LogP) is 3.22. The summed E-state index contributed by atoms with van der Waals surface area (Å²) in [6.07, 6.45) is -4.17. The summed E-state index contributed by atoms with van der Waals surface area (Å²) >= 11 is 0.834. The highest BCUT2D eigenvalue weighted by atomic mass is 32.2. The quantitative estimate of drug-likeness (QED) is 0.527. The molecule has 164 valence electrons. The molecule has 1 aliphatic rings. The zero-order valence-corrected chi connectivity index (χ0v) is 16.9. The number of nitrogens with one attached hydrogen (secondary N) is 1. The van der Waals surface area contributed by atoms with Crippen molar-refractivity contribution in [1.29, 1.82) is 5.26 Å². The lowest BCUT2D eigenvalue weighted by Crippen LogP contribution is -2.49. The van der Waals surface area contributed by atoms with Crippen LogP contribution in [0, 0.1) is 17.1 Å². The van der Waals surface area contributed by atoms with Gasteiger partial charge in [-0.2, -0.15) is 18.4 Å². The van der Waals surface area contributed by atoms with Crippen LogP contribution in [0.3, 0.4) is 0 Å². The Bertz CT molecular complexity index is 1030. The first-order valence-corrected chi connectivity index (χ1v) is 9.74. The third-order valence-corrected chi connectivity index (χ3v) is 5.51. The molecule has 3 N–H and O–H groups in total. The second-order valence-corrected chi connectivity index (χ2v) is 7.47. The van der Waals surface area contributed by atoms with E-state index in [1.807, 2.05) is 0 Å². The van der Waals surface area contributed by atoms with E-state index in [-0.39, 0.29) is 16.9 Å². The van der Waals surface area contributed by atoms with Crippen molar-refractivity contribution in [1.82, 2.24) is 4.98 Å². The number of nitrogens with two attached hydrogens (primary N) is 1. The van der Waals surface area contributed by atoms with Crippen molar-refractivity contribution in [2.75, 3.05) is 23.9 Å². The molecule has 2 unspecified atom stereocenters. The first-order chi connectivity index (χ1) is 14.6. The lowest BCUT2D eigenvalue weighted by molar-refractivity contribution is -0.261. The van der Waals surface area contributed by atoms with Crippen molar-refractivity contribution in [3.8, 4) is 6.07 Å². The number of rotatable bonds is 5. The normalized spacial score (nSPS) is 21.1.